The fourth-order valence-corrected chi connectivity index (χ4v) is 5.92. The number of aliphatic hydroxyl groups is 1. The van der Waals surface area contributed by atoms with Gasteiger partial charge in [-0.05, 0) is 106 Å². The molecule has 238 valence electrons. The van der Waals surface area contributed by atoms with Crippen molar-refractivity contribution in [1.29, 1.82) is 0 Å². The van der Waals surface area contributed by atoms with E-state index in [1.54, 1.807) is 13.2 Å². The Hall–Kier alpha value is -2.58. The van der Waals surface area contributed by atoms with E-state index in [2.05, 4.69) is 31.8 Å². The number of ether oxygens (including phenoxy) is 2. The van der Waals surface area contributed by atoms with Crippen LogP contribution in [0.25, 0.3) is 0 Å². The minimum absolute atomic E-state index is 0.0526. The molecular weight excluding hydrogens is 530 g/mol. The zero-order chi connectivity index (χ0) is 30.9. The number of carbonyl (C=O) groups excluding carboxylic acids is 1. The van der Waals surface area contributed by atoms with Crippen LogP contribution in [0.2, 0.25) is 0 Å². The van der Waals surface area contributed by atoms with Crippen LogP contribution in [0.1, 0.15) is 108 Å². The van der Waals surface area contributed by atoms with E-state index in [0.29, 0.717) is 44.1 Å². The maximum atomic E-state index is 12.8. The molecule has 0 amide bonds. The summed E-state index contributed by atoms with van der Waals surface area (Å²) in [6.07, 6.45) is 14.0. The fourth-order valence-electron chi connectivity index (χ4n) is 5.92. The van der Waals surface area contributed by atoms with Crippen LogP contribution in [0.4, 0.5) is 0 Å². The van der Waals surface area contributed by atoms with E-state index in [1.807, 2.05) is 12.1 Å². The SMILES string of the molecule is CC[C@H](C=CC(=O)CCc1cc(OC2CCCC2)c(O)c([C@H](CCC(C)C)[C@H](CCCN=C(N)N)COC)c1)CCO. The molecular formula is C34H57N3O5. The first-order valence-corrected chi connectivity index (χ1v) is 16.1. The molecule has 1 aromatic carbocycles. The molecule has 0 bridgehead atoms. The van der Waals surface area contributed by atoms with Crippen LogP contribution in [0.15, 0.2) is 29.3 Å². The van der Waals surface area contributed by atoms with Gasteiger partial charge in [0.15, 0.2) is 23.2 Å². The molecule has 0 aliphatic heterocycles. The van der Waals surface area contributed by atoms with Crippen LogP contribution in [0.3, 0.4) is 0 Å². The number of nitrogens with zero attached hydrogens (tertiary/aromatic N) is 1. The number of hydrogen-bond acceptors (Lipinski definition) is 6. The third-order valence-corrected chi connectivity index (χ3v) is 8.43. The summed E-state index contributed by atoms with van der Waals surface area (Å²) in [6.45, 7) is 7.72. The van der Waals surface area contributed by atoms with Gasteiger partial charge in [0.05, 0.1) is 6.10 Å². The van der Waals surface area contributed by atoms with Gasteiger partial charge in [-0.2, -0.15) is 0 Å². The van der Waals surface area contributed by atoms with E-state index >= 15 is 0 Å². The highest BCUT2D eigenvalue weighted by Crippen LogP contribution is 2.44. The lowest BCUT2D eigenvalue weighted by molar-refractivity contribution is -0.114. The molecule has 6 N–H and O–H groups in total. The number of nitrogens with two attached hydrogens (primary N) is 2. The molecule has 0 unspecified atom stereocenters. The number of rotatable bonds is 21. The average molecular weight is 588 g/mol. The monoisotopic (exact) mass is 587 g/mol. The van der Waals surface area contributed by atoms with Gasteiger partial charge in [0, 0.05) is 38.9 Å². The third-order valence-electron chi connectivity index (χ3n) is 8.43. The lowest BCUT2D eigenvalue weighted by Gasteiger charge is -2.30. The second-order valence-electron chi connectivity index (χ2n) is 12.3. The van der Waals surface area contributed by atoms with Crippen molar-refractivity contribution in [3.63, 3.8) is 0 Å². The number of hydrogen-bond donors (Lipinski definition) is 4. The van der Waals surface area contributed by atoms with Crippen molar-refractivity contribution < 1.29 is 24.5 Å². The summed E-state index contributed by atoms with van der Waals surface area (Å²) in [4.78, 5) is 16.9. The van der Waals surface area contributed by atoms with E-state index in [4.69, 9.17) is 20.9 Å². The van der Waals surface area contributed by atoms with E-state index in [-0.39, 0.29) is 48.0 Å². The highest BCUT2D eigenvalue weighted by atomic mass is 16.5. The molecule has 1 aromatic rings. The maximum Gasteiger partial charge on any atom is 0.185 e. The third kappa shape index (κ3) is 12.7. The average Bonchev–Trinajstić information content (AvgIpc) is 3.47. The minimum Gasteiger partial charge on any atom is -0.504 e. The highest BCUT2D eigenvalue weighted by molar-refractivity contribution is 5.89. The molecule has 0 spiro atoms. The number of phenols is 1. The molecule has 0 saturated heterocycles. The van der Waals surface area contributed by atoms with Gasteiger partial charge in [-0.25, -0.2) is 0 Å². The summed E-state index contributed by atoms with van der Waals surface area (Å²) < 4.78 is 12.1. The second-order valence-corrected chi connectivity index (χ2v) is 12.3. The Labute approximate surface area is 254 Å². The summed E-state index contributed by atoms with van der Waals surface area (Å²) in [7, 11) is 1.72. The van der Waals surface area contributed by atoms with Crippen molar-refractivity contribution in [2.75, 3.05) is 26.9 Å². The van der Waals surface area contributed by atoms with Crippen LogP contribution in [-0.4, -0.2) is 54.9 Å². The minimum atomic E-state index is 0.0526. The van der Waals surface area contributed by atoms with Crippen LogP contribution in [0, 0.1) is 17.8 Å². The smallest absolute Gasteiger partial charge is 0.185 e. The zero-order valence-corrected chi connectivity index (χ0v) is 26.5. The molecule has 3 atom stereocenters. The normalized spacial score (nSPS) is 16.1. The first-order chi connectivity index (χ1) is 20.2. The number of aliphatic imine (C=N–C) groups is 1. The lowest BCUT2D eigenvalue weighted by Crippen LogP contribution is -2.23. The predicted molar refractivity (Wildman–Crippen MR) is 171 cm³/mol. The van der Waals surface area contributed by atoms with Gasteiger partial charge in [-0.15, -0.1) is 0 Å². The van der Waals surface area contributed by atoms with Crippen LogP contribution in [0.5, 0.6) is 11.5 Å². The molecule has 1 aliphatic rings. The number of carbonyl (C=O) groups is 1. The van der Waals surface area contributed by atoms with Gasteiger partial charge in [-0.1, -0.05) is 39.3 Å². The van der Waals surface area contributed by atoms with Gasteiger partial charge in [-0.3, -0.25) is 9.79 Å². The quantitative estimate of drug-likeness (QED) is 0.0597. The van der Waals surface area contributed by atoms with Crippen molar-refractivity contribution in [1.82, 2.24) is 0 Å². The number of ketones is 1. The Bertz CT molecular complexity index is 984. The molecule has 0 radical (unpaired) electrons. The van der Waals surface area contributed by atoms with Crippen LogP contribution < -0.4 is 16.2 Å². The Kier molecular flexibility index (Phi) is 16.6. The van der Waals surface area contributed by atoms with Gasteiger partial charge in [0.1, 0.15) is 0 Å². The number of phenolic OH excluding ortho intramolecular Hbond substituents is 1. The summed E-state index contributed by atoms with van der Waals surface area (Å²) in [5.74, 6) is 1.83. The topological polar surface area (TPSA) is 140 Å². The van der Waals surface area contributed by atoms with Crippen molar-refractivity contribution in [3.05, 3.63) is 35.4 Å². The van der Waals surface area contributed by atoms with E-state index in [1.165, 1.54) is 0 Å². The molecule has 2 rings (SSSR count). The summed E-state index contributed by atoms with van der Waals surface area (Å²) in [5, 5.41) is 20.9. The number of allylic oxidation sites excluding steroid dienone is 2. The Morgan fingerprint density at radius 1 is 1.14 bits per heavy atom. The Morgan fingerprint density at radius 2 is 1.88 bits per heavy atom. The maximum absolute atomic E-state index is 12.8. The predicted octanol–water partition coefficient (Wildman–Crippen LogP) is 6.02. The van der Waals surface area contributed by atoms with Crippen LogP contribution in [-0.2, 0) is 16.0 Å². The molecule has 1 fully saturated rings. The summed E-state index contributed by atoms with van der Waals surface area (Å²) >= 11 is 0. The second kappa shape index (κ2) is 19.6. The molecule has 42 heavy (non-hydrogen) atoms. The highest BCUT2D eigenvalue weighted by Gasteiger charge is 2.29. The van der Waals surface area contributed by atoms with Crippen molar-refractivity contribution >= 4 is 11.7 Å². The largest absolute Gasteiger partial charge is 0.504 e. The molecule has 1 saturated carbocycles. The molecule has 1 aliphatic carbocycles. The van der Waals surface area contributed by atoms with Crippen LogP contribution >= 0.6 is 0 Å². The van der Waals surface area contributed by atoms with E-state index in [9.17, 15) is 15.0 Å². The van der Waals surface area contributed by atoms with Crippen molar-refractivity contribution in [3.8, 4) is 11.5 Å². The first-order valence-electron chi connectivity index (χ1n) is 16.1. The number of methoxy groups -OCH3 is 1. The van der Waals surface area contributed by atoms with E-state index in [0.717, 1.165) is 68.9 Å². The number of benzene rings is 1. The van der Waals surface area contributed by atoms with Gasteiger partial charge < -0.3 is 31.2 Å². The first kappa shape index (κ1) is 35.6. The van der Waals surface area contributed by atoms with Gasteiger partial charge >= 0.3 is 0 Å². The Morgan fingerprint density at radius 3 is 2.50 bits per heavy atom. The number of aliphatic hydroxyl groups excluding tert-OH is 1. The number of guanidine groups is 1. The number of aryl methyl sites for hydroxylation is 1. The zero-order valence-electron chi connectivity index (χ0n) is 26.5. The standard InChI is InChI=1S/C34H57N3O5/c1-5-25(18-20-38)13-15-28(39)16-14-26-21-31(33(40)32(22-26)42-29-10-6-7-11-29)30(17-12-24(2)3)27(23-41-4)9-8-19-37-34(35)36/h13,15,21-22,24-25,27,29-30,38,40H,5-12,14,16-20,23H2,1-4H3,(H4,35,36,37)/t25-,27-,30-/m1/s1. The molecule has 0 aromatic heterocycles. The summed E-state index contributed by atoms with van der Waals surface area (Å²) in [5.41, 5.74) is 13.0. The summed E-state index contributed by atoms with van der Waals surface area (Å²) in [6, 6.07) is 4.01. The molecule has 8 nitrogen and oxygen atoms in total. The van der Waals surface area contributed by atoms with Crippen molar-refractivity contribution in [2.24, 2.45) is 34.2 Å². The Balaban J connectivity index is 2.40. The lowest BCUT2D eigenvalue weighted by atomic mass is 9.78. The van der Waals surface area contributed by atoms with Gasteiger partial charge in [0.2, 0.25) is 0 Å². The molecule has 8 heteroatoms. The van der Waals surface area contributed by atoms with Crippen molar-refractivity contribution in [2.45, 2.75) is 110 Å². The molecule has 0 heterocycles. The van der Waals surface area contributed by atoms with Gasteiger partial charge in [0.25, 0.3) is 0 Å². The fraction of sp³-hybridized carbons (Fsp3) is 0.706. The number of aromatic hydroxyl groups is 1. The van der Waals surface area contributed by atoms with E-state index < -0.39 is 0 Å².